The molecule has 1 heterocycles. The van der Waals surface area contributed by atoms with Crippen LogP contribution in [0.3, 0.4) is 0 Å². The van der Waals surface area contributed by atoms with Crippen molar-refractivity contribution in [1.29, 1.82) is 0 Å². The quantitative estimate of drug-likeness (QED) is 0.767. The van der Waals surface area contributed by atoms with Crippen molar-refractivity contribution in [2.75, 3.05) is 13.4 Å². The summed E-state index contributed by atoms with van der Waals surface area (Å²) in [6.07, 6.45) is 1.74. The molecule has 0 bridgehead atoms. The molecule has 0 amide bonds. The lowest BCUT2D eigenvalue weighted by atomic mass is 9.83. The lowest BCUT2D eigenvalue weighted by Gasteiger charge is -2.23. The zero-order valence-electron chi connectivity index (χ0n) is 8.69. The summed E-state index contributed by atoms with van der Waals surface area (Å²) in [6, 6.07) is 5.67. The molecule has 2 rings (SSSR count). The minimum Gasteiger partial charge on any atom is -0.454 e. The monoisotopic (exact) mass is 206 g/mol. The Morgan fingerprint density at radius 3 is 2.87 bits per heavy atom. The molecule has 0 aliphatic carbocycles. The number of hydrogen-bond acceptors (Lipinski definition) is 3. The number of fused-ring (bicyclic) bond motifs is 1. The largest absolute Gasteiger partial charge is 0.454 e. The van der Waals surface area contributed by atoms with Crippen LogP contribution < -0.4 is 9.47 Å². The third-order valence-electron chi connectivity index (χ3n) is 2.81. The molecule has 15 heavy (non-hydrogen) atoms. The van der Waals surface area contributed by atoms with Gasteiger partial charge in [0.2, 0.25) is 6.79 Å². The summed E-state index contributed by atoms with van der Waals surface area (Å²) in [5.41, 5.74) is 0.547. The van der Waals surface area contributed by atoms with Crippen LogP contribution >= 0.6 is 0 Å². The van der Waals surface area contributed by atoms with Crippen LogP contribution in [0.25, 0.3) is 0 Å². The van der Waals surface area contributed by atoms with E-state index in [9.17, 15) is 5.11 Å². The van der Waals surface area contributed by atoms with Gasteiger partial charge >= 0.3 is 0 Å². The van der Waals surface area contributed by atoms with E-state index in [1.165, 1.54) is 0 Å². The van der Waals surface area contributed by atoms with Crippen molar-refractivity contribution in [3.8, 4) is 11.5 Å². The van der Waals surface area contributed by atoms with Gasteiger partial charge in [-0.05, 0) is 24.6 Å². The van der Waals surface area contributed by atoms with E-state index in [-0.39, 0.29) is 13.4 Å². The van der Waals surface area contributed by atoms with Crippen LogP contribution in [0.2, 0.25) is 0 Å². The van der Waals surface area contributed by atoms with Gasteiger partial charge in [0.05, 0.1) is 6.61 Å². The first-order valence-corrected chi connectivity index (χ1v) is 4.84. The second-order valence-electron chi connectivity index (χ2n) is 3.85. The summed E-state index contributed by atoms with van der Waals surface area (Å²) in [5.74, 6) is 1.48. The van der Waals surface area contributed by atoms with E-state index in [2.05, 4.69) is 6.58 Å². The molecule has 0 saturated carbocycles. The minimum absolute atomic E-state index is 0.0240. The summed E-state index contributed by atoms with van der Waals surface area (Å²) < 4.78 is 10.5. The smallest absolute Gasteiger partial charge is 0.231 e. The highest BCUT2D eigenvalue weighted by atomic mass is 16.7. The van der Waals surface area contributed by atoms with E-state index in [1.54, 1.807) is 6.08 Å². The maximum atomic E-state index is 9.34. The molecule has 0 saturated heterocycles. The molecule has 0 spiro atoms. The van der Waals surface area contributed by atoms with Gasteiger partial charge in [0, 0.05) is 5.41 Å². The van der Waals surface area contributed by atoms with E-state index in [1.807, 2.05) is 25.1 Å². The molecular weight excluding hydrogens is 192 g/mol. The van der Waals surface area contributed by atoms with Crippen molar-refractivity contribution in [2.24, 2.45) is 0 Å². The SMILES string of the molecule is C=CC(C)(CO)c1ccc2c(c1)OCO2. The van der Waals surface area contributed by atoms with Gasteiger partial charge in [-0.15, -0.1) is 6.58 Å². The number of ether oxygens (including phenoxy) is 2. The lowest BCUT2D eigenvalue weighted by Crippen LogP contribution is -2.23. The van der Waals surface area contributed by atoms with Crippen LogP contribution in [0, 0.1) is 0 Å². The van der Waals surface area contributed by atoms with Gasteiger partial charge in [0.15, 0.2) is 11.5 Å². The zero-order chi connectivity index (χ0) is 10.9. The van der Waals surface area contributed by atoms with Crippen LogP contribution in [0.15, 0.2) is 30.9 Å². The molecule has 1 aliphatic rings. The average molecular weight is 206 g/mol. The van der Waals surface area contributed by atoms with E-state index in [0.29, 0.717) is 0 Å². The van der Waals surface area contributed by atoms with Gasteiger partial charge in [-0.1, -0.05) is 12.1 Å². The lowest BCUT2D eigenvalue weighted by molar-refractivity contribution is 0.174. The molecule has 80 valence electrons. The third-order valence-corrected chi connectivity index (χ3v) is 2.81. The molecule has 0 radical (unpaired) electrons. The van der Waals surface area contributed by atoms with E-state index in [0.717, 1.165) is 17.1 Å². The van der Waals surface area contributed by atoms with Crippen molar-refractivity contribution in [3.63, 3.8) is 0 Å². The van der Waals surface area contributed by atoms with Gasteiger partial charge in [0.25, 0.3) is 0 Å². The number of aliphatic hydroxyl groups is 1. The van der Waals surface area contributed by atoms with Crippen LogP contribution in [0.4, 0.5) is 0 Å². The molecule has 1 aromatic carbocycles. The first-order chi connectivity index (χ1) is 7.19. The number of benzene rings is 1. The first-order valence-electron chi connectivity index (χ1n) is 4.84. The Labute approximate surface area is 88.9 Å². The highest BCUT2D eigenvalue weighted by Gasteiger charge is 2.24. The van der Waals surface area contributed by atoms with Crippen molar-refractivity contribution in [2.45, 2.75) is 12.3 Å². The third kappa shape index (κ3) is 1.59. The molecular formula is C12H14O3. The van der Waals surface area contributed by atoms with E-state index < -0.39 is 5.41 Å². The molecule has 1 unspecified atom stereocenters. The second-order valence-corrected chi connectivity index (χ2v) is 3.85. The van der Waals surface area contributed by atoms with Crippen molar-refractivity contribution in [1.82, 2.24) is 0 Å². The minimum atomic E-state index is -0.430. The van der Waals surface area contributed by atoms with Gasteiger partial charge < -0.3 is 14.6 Å². The van der Waals surface area contributed by atoms with E-state index >= 15 is 0 Å². The Morgan fingerprint density at radius 2 is 2.20 bits per heavy atom. The van der Waals surface area contributed by atoms with Crippen molar-refractivity contribution in [3.05, 3.63) is 36.4 Å². The molecule has 0 aromatic heterocycles. The maximum absolute atomic E-state index is 9.34. The summed E-state index contributed by atoms with van der Waals surface area (Å²) >= 11 is 0. The predicted octanol–water partition coefficient (Wildman–Crippen LogP) is 1.85. The average Bonchev–Trinajstić information content (AvgIpc) is 2.74. The fourth-order valence-corrected chi connectivity index (χ4v) is 1.53. The zero-order valence-corrected chi connectivity index (χ0v) is 8.69. The summed E-state index contributed by atoms with van der Waals surface area (Å²) in [6.45, 7) is 5.96. The molecule has 1 atom stereocenters. The Balaban J connectivity index is 2.41. The van der Waals surface area contributed by atoms with Gasteiger partial charge in [-0.2, -0.15) is 0 Å². The van der Waals surface area contributed by atoms with E-state index in [4.69, 9.17) is 9.47 Å². The number of hydrogen-bond donors (Lipinski definition) is 1. The van der Waals surface area contributed by atoms with Crippen LogP contribution in [0.5, 0.6) is 11.5 Å². The number of aliphatic hydroxyl groups excluding tert-OH is 1. The van der Waals surface area contributed by atoms with Gasteiger partial charge in [-0.25, -0.2) is 0 Å². The topological polar surface area (TPSA) is 38.7 Å². The Kier molecular flexibility index (Phi) is 2.40. The Bertz CT molecular complexity index is 386. The first kappa shape index (κ1) is 10.1. The summed E-state index contributed by atoms with van der Waals surface area (Å²) in [4.78, 5) is 0. The molecule has 1 aliphatic heterocycles. The van der Waals surface area contributed by atoms with Gasteiger partial charge in [-0.3, -0.25) is 0 Å². The summed E-state index contributed by atoms with van der Waals surface area (Å²) in [5, 5.41) is 9.34. The summed E-state index contributed by atoms with van der Waals surface area (Å²) in [7, 11) is 0. The molecule has 0 fully saturated rings. The molecule has 1 aromatic rings. The maximum Gasteiger partial charge on any atom is 0.231 e. The highest BCUT2D eigenvalue weighted by molar-refractivity contribution is 5.47. The van der Waals surface area contributed by atoms with Crippen LogP contribution in [-0.2, 0) is 5.41 Å². The van der Waals surface area contributed by atoms with Crippen molar-refractivity contribution >= 4 is 0 Å². The molecule has 3 heteroatoms. The predicted molar refractivity (Wildman–Crippen MR) is 57.2 cm³/mol. The molecule has 1 N–H and O–H groups in total. The van der Waals surface area contributed by atoms with Gasteiger partial charge in [0.1, 0.15) is 0 Å². The highest BCUT2D eigenvalue weighted by Crippen LogP contribution is 2.36. The fourth-order valence-electron chi connectivity index (χ4n) is 1.53. The number of rotatable bonds is 3. The second kappa shape index (κ2) is 3.59. The normalized spacial score (nSPS) is 17.2. The Hall–Kier alpha value is -1.48. The van der Waals surface area contributed by atoms with Crippen LogP contribution in [-0.4, -0.2) is 18.5 Å². The van der Waals surface area contributed by atoms with Crippen molar-refractivity contribution < 1.29 is 14.6 Å². The standard InChI is InChI=1S/C12H14O3/c1-3-12(2,7-13)9-4-5-10-11(6-9)15-8-14-10/h3-6,13H,1,7-8H2,2H3. The van der Waals surface area contributed by atoms with Crippen LogP contribution in [0.1, 0.15) is 12.5 Å². The molecule has 3 nitrogen and oxygen atoms in total. The fraction of sp³-hybridized carbons (Fsp3) is 0.333. The Morgan fingerprint density at radius 1 is 1.47 bits per heavy atom.